The van der Waals surface area contributed by atoms with Crippen LogP contribution in [0.2, 0.25) is 0 Å². The number of nitrogens with one attached hydrogen (secondary N) is 1. The minimum Gasteiger partial charge on any atom is -0.431 e. The molecule has 0 bridgehead atoms. The van der Waals surface area contributed by atoms with Crippen LogP contribution in [0.1, 0.15) is 30.5 Å². The molecule has 0 saturated carbocycles. The highest BCUT2D eigenvalue weighted by molar-refractivity contribution is 7.80. The topological polar surface area (TPSA) is 16.9 Å². The number of rotatable bonds is 2. The summed E-state index contributed by atoms with van der Waals surface area (Å²) >= 11 is 5.31. The Morgan fingerprint density at radius 1 is 1.37 bits per heavy atom. The first-order valence-electron chi connectivity index (χ1n) is 6.85. The van der Waals surface area contributed by atoms with Gasteiger partial charge in [-0.15, -0.1) is 0 Å². The van der Waals surface area contributed by atoms with Crippen LogP contribution >= 0.6 is 12.2 Å². The lowest BCUT2D eigenvalue weighted by molar-refractivity contribution is -0.890. The molecule has 1 atom stereocenters. The zero-order chi connectivity index (χ0) is 14.0. The molecule has 2 rings (SSSR count). The first kappa shape index (κ1) is 14.3. The van der Waals surface area contributed by atoms with Gasteiger partial charge in [0.2, 0.25) is 0 Å². The van der Waals surface area contributed by atoms with Crippen molar-refractivity contribution in [1.82, 2.24) is 4.90 Å². The van der Waals surface area contributed by atoms with Crippen molar-refractivity contribution in [3.8, 4) is 5.75 Å². The molecule has 1 aliphatic rings. The molecular weight excluding hydrogens is 256 g/mol. The summed E-state index contributed by atoms with van der Waals surface area (Å²) < 4.78 is 5.87. The van der Waals surface area contributed by atoms with Gasteiger partial charge in [0, 0.05) is 24.7 Å². The second-order valence-corrected chi connectivity index (χ2v) is 5.87. The highest BCUT2D eigenvalue weighted by Crippen LogP contribution is 2.29. The minimum atomic E-state index is 0.462. The van der Waals surface area contributed by atoms with Crippen molar-refractivity contribution in [2.24, 2.45) is 0 Å². The van der Waals surface area contributed by atoms with E-state index in [2.05, 4.69) is 33.2 Å². The van der Waals surface area contributed by atoms with E-state index in [1.807, 2.05) is 18.0 Å². The van der Waals surface area contributed by atoms with E-state index in [-0.39, 0.29) is 0 Å². The quantitative estimate of drug-likeness (QED) is 0.826. The molecule has 0 fully saturated rings. The van der Waals surface area contributed by atoms with E-state index in [9.17, 15) is 0 Å². The Balaban J connectivity index is 2.40. The van der Waals surface area contributed by atoms with Gasteiger partial charge in [-0.25, -0.2) is 0 Å². The predicted octanol–water partition coefficient (Wildman–Crippen LogP) is 1.43. The maximum atomic E-state index is 5.87. The molecule has 104 valence electrons. The lowest BCUT2D eigenvalue weighted by Crippen LogP contribution is -3.05. The van der Waals surface area contributed by atoms with Crippen LogP contribution in [0, 0.1) is 0 Å². The van der Waals surface area contributed by atoms with Crippen molar-refractivity contribution in [2.45, 2.75) is 25.8 Å². The number of hydrogen-bond donors (Lipinski definition) is 1. The van der Waals surface area contributed by atoms with Gasteiger partial charge in [-0.2, -0.15) is 0 Å². The number of benzene rings is 1. The van der Waals surface area contributed by atoms with Gasteiger partial charge in [-0.05, 0) is 38.0 Å². The fourth-order valence-corrected chi connectivity index (χ4v) is 2.60. The summed E-state index contributed by atoms with van der Waals surface area (Å²) in [6, 6.07) is 6.78. The van der Waals surface area contributed by atoms with Crippen molar-refractivity contribution in [3.63, 3.8) is 0 Å². The molecule has 0 aliphatic carbocycles. The van der Waals surface area contributed by atoms with Crippen LogP contribution in [0.25, 0.3) is 0 Å². The lowest BCUT2D eigenvalue weighted by atomic mass is 9.96. The molecule has 1 aliphatic heterocycles. The van der Waals surface area contributed by atoms with E-state index in [0.29, 0.717) is 11.2 Å². The number of hydrogen-bond acceptors (Lipinski definition) is 2. The molecule has 0 spiro atoms. The number of thiocarbonyl (C=S) groups is 1. The molecule has 1 aromatic rings. The van der Waals surface area contributed by atoms with Gasteiger partial charge in [0.05, 0.1) is 14.1 Å². The SMILES string of the molecule is CC(c1cccc2c1CCCN(C)C(=S)O2)[NH+](C)C. The molecule has 4 heteroatoms. The first-order chi connectivity index (χ1) is 9.00. The Kier molecular flexibility index (Phi) is 4.42. The highest BCUT2D eigenvalue weighted by Gasteiger charge is 2.21. The molecule has 19 heavy (non-hydrogen) atoms. The summed E-state index contributed by atoms with van der Waals surface area (Å²) in [6.07, 6.45) is 2.16. The second-order valence-electron chi connectivity index (χ2n) is 5.52. The molecule has 0 saturated heterocycles. The fourth-order valence-electron chi connectivity index (χ4n) is 2.42. The van der Waals surface area contributed by atoms with Crippen LogP contribution in [0.3, 0.4) is 0 Å². The average molecular weight is 279 g/mol. The molecule has 1 heterocycles. The third kappa shape index (κ3) is 3.07. The average Bonchev–Trinajstić information content (AvgIpc) is 2.37. The molecule has 3 nitrogen and oxygen atoms in total. The van der Waals surface area contributed by atoms with Crippen LogP contribution in [-0.4, -0.2) is 37.8 Å². The molecule has 0 aromatic heterocycles. The standard InChI is InChI=1S/C15H22N2OS/c1-11(16(2)3)12-7-5-9-14-13(12)8-6-10-17(4)15(19)18-14/h5,7,9,11H,6,8,10H2,1-4H3/p+1. The molecule has 1 unspecified atom stereocenters. The van der Waals surface area contributed by atoms with Crippen LogP contribution in [-0.2, 0) is 6.42 Å². The minimum absolute atomic E-state index is 0.462. The van der Waals surface area contributed by atoms with E-state index in [4.69, 9.17) is 17.0 Å². The summed E-state index contributed by atoms with van der Waals surface area (Å²) in [5, 5.41) is 0.572. The Morgan fingerprint density at radius 3 is 2.79 bits per heavy atom. The molecule has 1 aromatic carbocycles. The van der Waals surface area contributed by atoms with Gasteiger partial charge in [0.1, 0.15) is 11.8 Å². The fraction of sp³-hybridized carbons (Fsp3) is 0.533. The third-order valence-electron chi connectivity index (χ3n) is 3.93. The van der Waals surface area contributed by atoms with Gasteiger partial charge in [0.25, 0.3) is 5.17 Å². The summed E-state index contributed by atoms with van der Waals surface area (Å²) in [5.74, 6) is 0.933. The van der Waals surface area contributed by atoms with Gasteiger partial charge in [-0.1, -0.05) is 12.1 Å². The third-order valence-corrected chi connectivity index (χ3v) is 4.33. The molecular formula is C15H23N2OS+. The monoisotopic (exact) mass is 279 g/mol. The van der Waals surface area contributed by atoms with E-state index in [0.717, 1.165) is 25.1 Å². The zero-order valence-corrected chi connectivity index (χ0v) is 13.0. The van der Waals surface area contributed by atoms with E-state index < -0.39 is 0 Å². The Hall–Kier alpha value is -1.13. The second kappa shape index (κ2) is 5.88. The van der Waals surface area contributed by atoms with E-state index in [1.54, 1.807) is 0 Å². The maximum Gasteiger partial charge on any atom is 0.264 e. The Morgan fingerprint density at radius 2 is 2.11 bits per heavy atom. The van der Waals surface area contributed by atoms with E-state index >= 15 is 0 Å². The van der Waals surface area contributed by atoms with Gasteiger partial charge >= 0.3 is 0 Å². The Labute approximate surface area is 121 Å². The Bertz CT molecular complexity index is 473. The number of fused-ring (bicyclic) bond motifs is 1. The molecule has 0 amide bonds. The highest BCUT2D eigenvalue weighted by atomic mass is 32.1. The lowest BCUT2D eigenvalue weighted by Gasteiger charge is -2.27. The number of ether oxygens (including phenoxy) is 1. The van der Waals surface area contributed by atoms with Crippen molar-refractivity contribution in [1.29, 1.82) is 0 Å². The van der Waals surface area contributed by atoms with Gasteiger partial charge in [0.15, 0.2) is 0 Å². The summed E-state index contributed by atoms with van der Waals surface area (Å²) in [6.45, 7) is 3.21. The van der Waals surface area contributed by atoms with Crippen LogP contribution in [0.4, 0.5) is 0 Å². The van der Waals surface area contributed by atoms with E-state index in [1.165, 1.54) is 16.0 Å². The maximum absolute atomic E-state index is 5.87. The number of quaternary nitrogens is 1. The normalized spacial score (nSPS) is 17.5. The number of nitrogens with zero attached hydrogens (tertiary/aromatic N) is 1. The van der Waals surface area contributed by atoms with Crippen molar-refractivity contribution >= 4 is 17.4 Å². The first-order valence-corrected chi connectivity index (χ1v) is 7.26. The van der Waals surface area contributed by atoms with Crippen molar-refractivity contribution in [3.05, 3.63) is 29.3 Å². The largest absolute Gasteiger partial charge is 0.431 e. The molecule has 0 radical (unpaired) electrons. The van der Waals surface area contributed by atoms with Crippen LogP contribution < -0.4 is 9.64 Å². The van der Waals surface area contributed by atoms with Crippen molar-refractivity contribution < 1.29 is 9.64 Å². The smallest absolute Gasteiger partial charge is 0.264 e. The van der Waals surface area contributed by atoms with Crippen LogP contribution in [0.15, 0.2) is 18.2 Å². The summed E-state index contributed by atoms with van der Waals surface area (Å²) in [4.78, 5) is 3.43. The predicted molar refractivity (Wildman–Crippen MR) is 81.8 cm³/mol. The van der Waals surface area contributed by atoms with Gasteiger partial charge < -0.3 is 14.5 Å². The zero-order valence-electron chi connectivity index (χ0n) is 12.2. The van der Waals surface area contributed by atoms with Gasteiger partial charge in [-0.3, -0.25) is 0 Å². The summed E-state index contributed by atoms with van der Waals surface area (Å²) in [7, 11) is 6.36. The summed E-state index contributed by atoms with van der Waals surface area (Å²) in [5.41, 5.74) is 2.71. The molecule has 1 N–H and O–H groups in total. The van der Waals surface area contributed by atoms with Crippen LogP contribution in [0.5, 0.6) is 5.75 Å². The van der Waals surface area contributed by atoms with Crippen molar-refractivity contribution in [2.75, 3.05) is 27.7 Å².